The van der Waals surface area contributed by atoms with Crippen LogP contribution in [0.25, 0.3) is 11.4 Å². The fourth-order valence-corrected chi connectivity index (χ4v) is 1.93. The van der Waals surface area contributed by atoms with Crippen LogP contribution in [-0.2, 0) is 0 Å². The first-order valence-corrected chi connectivity index (χ1v) is 6.28. The van der Waals surface area contributed by atoms with Gasteiger partial charge >= 0.3 is 0 Å². The van der Waals surface area contributed by atoms with Gasteiger partial charge in [-0.2, -0.15) is 0 Å². The number of rotatable bonds is 4. The molecule has 1 heterocycles. The van der Waals surface area contributed by atoms with Crippen LogP contribution >= 0.6 is 0 Å². The zero-order valence-electron chi connectivity index (χ0n) is 11.6. The maximum atomic E-state index is 10.6. The minimum atomic E-state index is -0.423. The first kappa shape index (κ1) is 14.1. The molecule has 6 nitrogen and oxygen atoms in total. The molecule has 0 saturated carbocycles. The van der Waals surface area contributed by atoms with Gasteiger partial charge in [0.1, 0.15) is 0 Å². The number of nitro groups is 1. The van der Waals surface area contributed by atoms with E-state index in [1.165, 1.54) is 12.1 Å². The molecule has 0 spiro atoms. The van der Waals surface area contributed by atoms with Gasteiger partial charge in [0.05, 0.1) is 4.92 Å². The quantitative estimate of drug-likeness (QED) is 0.683. The van der Waals surface area contributed by atoms with E-state index in [1.807, 2.05) is 20.9 Å². The molecule has 20 heavy (non-hydrogen) atoms. The van der Waals surface area contributed by atoms with Crippen LogP contribution in [-0.4, -0.2) is 21.9 Å². The van der Waals surface area contributed by atoms with E-state index in [4.69, 9.17) is 0 Å². The van der Waals surface area contributed by atoms with Gasteiger partial charge in [-0.05, 0) is 33.0 Å². The van der Waals surface area contributed by atoms with E-state index in [1.54, 1.807) is 18.3 Å². The monoisotopic (exact) mass is 272 g/mol. The SMILES string of the molecule is CNC(C)c1cnc(-c2ccc([N+](=O)[O-])cc2)nc1C. The molecule has 6 heteroatoms. The molecule has 0 aliphatic heterocycles. The smallest absolute Gasteiger partial charge is 0.269 e. The fraction of sp³-hybridized carbons (Fsp3) is 0.286. The second-order valence-corrected chi connectivity index (χ2v) is 4.55. The molecule has 2 rings (SSSR count). The van der Waals surface area contributed by atoms with Gasteiger partial charge < -0.3 is 5.32 Å². The Kier molecular flexibility index (Phi) is 4.05. The summed E-state index contributed by atoms with van der Waals surface area (Å²) in [5, 5.41) is 13.8. The Balaban J connectivity index is 2.34. The van der Waals surface area contributed by atoms with Crippen molar-refractivity contribution in [2.75, 3.05) is 7.05 Å². The van der Waals surface area contributed by atoms with Crippen molar-refractivity contribution in [1.29, 1.82) is 0 Å². The Morgan fingerprint density at radius 2 is 1.95 bits per heavy atom. The summed E-state index contributed by atoms with van der Waals surface area (Å²) < 4.78 is 0. The van der Waals surface area contributed by atoms with E-state index >= 15 is 0 Å². The van der Waals surface area contributed by atoms with Crippen LogP contribution in [0.3, 0.4) is 0 Å². The Morgan fingerprint density at radius 1 is 1.30 bits per heavy atom. The molecule has 0 radical (unpaired) electrons. The summed E-state index contributed by atoms with van der Waals surface area (Å²) in [5.41, 5.74) is 2.77. The number of nitrogens with one attached hydrogen (secondary N) is 1. The Morgan fingerprint density at radius 3 is 2.45 bits per heavy atom. The zero-order valence-corrected chi connectivity index (χ0v) is 11.6. The zero-order chi connectivity index (χ0) is 14.7. The molecule has 104 valence electrons. The lowest BCUT2D eigenvalue weighted by Gasteiger charge is -2.13. The predicted molar refractivity (Wildman–Crippen MR) is 76.3 cm³/mol. The van der Waals surface area contributed by atoms with Gasteiger partial charge in [-0.1, -0.05) is 0 Å². The molecule has 1 aromatic carbocycles. The van der Waals surface area contributed by atoms with E-state index in [2.05, 4.69) is 15.3 Å². The number of hydrogen-bond acceptors (Lipinski definition) is 5. The molecule has 0 saturated heterocycles. The summed E-state index contributed by atoms with van der Waals surface area (Å²) in [7, 11) is 1.88. The summed E-state index contributed by atoms with van der Waals surface area (Å²) >= 11 is 0. The third-order valence-electron chi connectivity index (χ3n) is 3.25. The van der Waals surface area contributed by atoms with E-state index in [0.717, 1.165) is 16.8 Å². The van der Waals surface area contributed by atoms with Crippen molar-refractivity contribution in [3.05, 3.63) is 51.8 Å². The van der Waals surface area contributed by atoms with Gasteiger partial charge in [-0.25, -0.2) is 9.97 Å². The van der Waals surface area contributed by atoms with Crippen molar-refractivity contribution in [2.24, 2.45) is 0 Å². The minimum absolute atomic E-state index is 0.0610. The lowest BCUT2D eigenvalue weighted by atomic mass is 10.1. The number of hydrogen-bond donors (Lipinski definition) is 1. The van der Waals surface area contributed by atoms with Crippen molar-refractivity contribution in [3.8, 4) is 11.4 Å². The molecular weight excluding hydrogens is 256 g/mol. The normalized spacial score (nSPS) is 12.2. The summed E-state index contributed by atoms with van der Waals surface area (Å²) in [5.74, 6) is 0.574. The van der Waals surface area contributed by atoms with Crippen molar-refractivity contribution < 1.29 is 4.92 Å². The van der Waals surface area contributed by atoms with Gasteiger partial charge in [0.2, 0.25) is 0 Å². The Bertz CT molecular complexity index is 626. The Labute approximate surface area is 117 Å². The summed E-state index contributed by atoms with van der Waals surface area (Å²) in [6.07, 6.45) is 1.79. The van der Waals surface area contributed by atoms with Crippen LogP contribution in [0.5, 0.6) is 0 Å². The van der Waals surface area contributed by atoms with Crippen LogP contribution in [0, 0.1) is 17.0 Å². The molecule has 1 atom stereocenters. The summed E-state index contributed by atoms with van der Waals surface area (Å²) in [6.45, 7) is 3.97. The summed E-state index contributed by atoms with van der Waals surface area (Å²) in [4.78, 5) is 19.0. The van der Waals surface area contributed by atoms with Crippen molar-refractivity contribution in [1.82, 2.24) is 15.3 Å². The average Bonchev–Trinajstić information content (AvgIpc) is 2.46. The lowest BCUT2D eigenvalue weighted by Crippen LogP contribution is -2.14. The van der Waals surface area contributed by atoms with Crippen molar-refractivity contribution in [3.63, 3.8) is 0 Å². The maximum Gasteiger partial charge on any atom is 0.269 e. The highest BCUT2D eigenvalue weighted by atomic mass is 16.6. The number of aromatic nitrogens is 2. The molecular formula is C14H16N4O2. The second-order valence-electron chi connectivity index (χ2n) is 4.55. The third-order valence-corrected chi connectivity index (χ3v) is 3.25. The molecule has 0 amide bonds. The third kappa shape index (κ3) is 2.80. The van der Waals surface area contributed by atoms with Gasteiger partial charge in [0, 0.05) is 41.2 Å². The standard InChI is InChI=1S/C14H16N4O2/c1-9(15-3)13-8-16-14(17-10(13)2)11-4-6-12(7-5-11)18(19)20/h4-9,15H,1-3H3. The van der Waals surface area contributed by atoms with Crippen LogP contribution in [0.1, 0.15) is 24.2 Å². The molecule has 0 bridgehead atoms. The topological polar surface area (TPSA) is 81.0 Å². The first-order valence-electron chi connectivity index (χ1n) is 6.28. The van der Waals surface area contributed by atoms with Gasteiger partial charge in [0.25, 0.3) is 5.69 Å². The van der Waals surface area contributed by atoms with Crippen molar-refractivity contribution in [2.45, 2.75) is 19.9 Å². The van der Waals surface area contributed by atoms with E-state index in [9.17, 15) is 10.1 Å². The lowest BCUT2D eigenvalue weighted by molar-refractivity contribution is -0.384. The molecule has 1 aromatic heterocycles. The number of benzene rings is 1. The van der Waals surface area contributed by atoms with Gasteiger partial charge in [-0.3, -0.25) is 10.1 Å². The molecule has 1 N–H and O–H groups in total. The maximum absolute atomic E-state index is 10.6. The fourth-order valence-electron chi connectivity index (χ4n) is 1.93. The van der Waals surface area contributed by atoms with Crippen LogP contribution < -0.4 is 5.32 Å². The van der Waals surface area contributed by atoms with Crippen LogP contribution in [0.4, 0.5) is 5.69 Å². The van der Waals surface area contributed by atoms with Gasteiger partial charge in [-0.15, -0.1) is 0 Å². The number of nitrogens with zero attached hydrogens (tertiary/aromatic N) is 3. The highest BCUT2D eigenvalue weighted by molar-refractivity contribution is 5.57. The van der Waals surface area contributed by atoms with Crippen LogP contribution in [0.15, 0.2) is 30.5 Å². The van der Waals surface area contributed by atoms with Crippen LogP contribution in [0.2, 0.25) is 0 Å². The minimum Gasteiger partial charge on any atom is -0.313 e. The average molecular weight is 272 g/mol. The molecule has 0 aliphatic rings. The van der Waals surface area contributed by atoms with E-state index in [-0.39, 0.29) is 11.7 Å². The molecule has 2 aromatic rings. The second kappa shape index (κ2) is 5.75. The molecule has 0 fully saturated rings. The van der Waals surface area contributed by atoms with E-state index in [0.29, 0.717) is 5.82 Å². The first-order chi connectivity index (χ1) is 9.52. The highest BCUT2D eigenvalue weighted by Gasteiger charge is 2.11. The Hall–Kier alpha value is -2.34. The molecule has 0 aliphatic carbocycles. The number of aryl methyl sites for hydroxylation is 1. The predicted octanol–water partition coefficient (Wildman–Crippen LogP) is 2.64. The van der Waals surface area contributed by atoms with E-state index < -0.39 is 4.92 Å². The van der Waals surface area contributed by atoms with Gasteiger partial charge in [0.15, 0.2) is 5.82 Å². The summed E-state index contributed by atoms with van der Waals surface area (Å²) in [6, 6.07) is 6.42. The van der Waals surface area contributed by atoms with Crippen molar-refractivity contribution >= 4 is 5.69 Å². The molecule has 1 unspecified atom stereocenters. The number of nitro benzene ring substituents is 1. The highest BCUT2D eigenvalue weighted by Crippen LogP contribution is 2.21. The largest absolute Gasteiger partial charge is 0.313 e. The number of non-ortho nitro benzene ring substituents is 1.